The van der Waals surface area contributed by atoms with E-state index < -0.39 is 0 Å². The summed E-state index contributed by atoms with van der Waals surface area (Å²) < 4.78 is 6.53. The van der Waals surface area contributed by atoms with Crippen molar-refractivity contribution in [3.63, 3.8) is 0 Å². The SMILES string of the molecule is CCCSc1ccc(C(=O)CN2CCOCC2)s1. The number of ketones is 1. The van der Waals surface area contributed by atoms with E-state index in [4.69, 9.17) is 4.74 Å². The minimum absolute atomic E-state index is 0.241. The Labute approximate surface area is 117 Å². The molecule has 100 valence electrons. The highest BCUT2D eigenvalue weighted by Crippen LogP contribution is 2.28. The van der Waals surface area contributed by atoms with E-state index in [1.807, 2.05) is 17.8 Å². The Morgan fingerprint density at radius 3 is 2.94 bits per heavy atom. The highest BCUT2D eigenvalue weighted by Gasteiger charge is 2.16. The maximum Gasteiger partial charge on any atom is 0.186 e. The zero-order chi connectivity index (χ0) is 12.8. The molecule has 1 saturated heterocycles. The van der Waals surface area contributed by atoms with Gasteiger partial charge in [-0.2, -0.15) is 0 Å². The van der Waals surface area contributed by atoms with E-state index in [9.17, 15) is 4.79 Å². The van der Waals surface area contributed by atoms with Gasteiger partial charge in [0.25, 0.3) is 0 Å². The molecule has 0 radical (unpaired) electrons. The van der Waals surface area contributed by atoms with Crippen molar-refractivity contribution in [1.82, 2.24) is 4.90 Å². The van der Waals surface area contributed by atoms with Gasteiger partial charge in [-0.1, -0.05) is 6.92 Å². The first kappa shape index (κ1) is 14.1. The molecule has 1 fully saturated rings. The third-order valence-corrected chi connectivity index (χ3v) is 5.33. The monoisotopic (exact) mass is 285 g/mol. The third-order valence-electron chi connectivity index (χ3n) is 2.78. The van der Waals surface area contributed by atoms with Crippen molar-refractivity contribution >= 4 is 28.9 Å². The van der Waals surface area contributed by atoms with E-state index in [0.717, 1.165) is 36.9 Å². The normalized spacial score (nSPS) is 16.9. The van der Waals surface area contributed by atoms with Crippen LogP contribution in [0.15, 0.2) is 16.3 Å². The summed E-state index contributed by atoms with van der Waals surface area (Å²) in [6.45, 7) is 5.93. The fourth-order valence-electron chi connectivity index (χ4n) is 1.79. The second-order valence-electron chi connectivity index (χ2n) is 4.28. The van der Waals surface area contributed by atoms with Crippen LogP contribution in [0.5, 0.6) is 0 Å². The molecule has 0 spiro atoms. The molecule has 0 aromatic carbocycles. The quantitative estimate of drug-likeness (QED) is 0.594. The van der Waals surface area contributed by atoms with Crippen molar-refractivity contribution in [3.8, 4) is 0 Å². The summed E-state index contributed by atoms with van der Waals surface area (Å²) in [5.41, 5.74) is 0. The summed E-state index contributed by atoms with van der Waals surface area (Å²) in [6.07, 6.45) is 1.17. The molecule has 1 aliphatic heterocycles. The number of thioether (sulfide) groups is 1. The van der Waals surface area contributed by atoms with Crippen LogP contribution in [0.3, 0.4) is 0 Å². The van der Waals surface area contributed by atoms with Gasteiger partial charge in [-0.15, -0.1) is 23.1 Å². The topological polar surface area (TPSA) is 29.5 Å². The van der Waals surface area contributed by atoms with Gasteiger partial charge < -0.3 is 4.74 Å². The van der Waals surface area contributed by atoms with Gasteiger partial charge in [-0.05, 0) is 24.3 Å². The van der Waals surface area contributed by atoms with Crippen molar-refractivity contribution in [2.45, 2.75) is 17.6 Å². The lowest BCUT2D eigenvalue weighted by Crippen LogP contribution is -2.39. The number of hydrogen-bond donors (Lipinski definition) is 0. The molecule has 0 bridgehead atoms. The highest BCUT2D eigenvalue weighted by atomic mass is 32.2. The molecule has 0 saturated carbocycles. The molecular formula is C13H19NO2S2. The molecule has 0 amide bonds. The molecule has 2 heterocycles. The molecule has 1 aliphatic rings. The molecule has 0 unspecified atom stereocenters. The van der Waals surface area contributed by atoms with E-state index in [2.05, 4.69) is 17.9 Å². The van der Waals surface area contributed by atoms with E-state index in [1.54, 1.807) is 11.3 Å². The lowest BCUT2D eigenvalue weighted by atomic mass is 10.3. The number of hydrogen-bond acceptors (Lipinski definition) is 5. The largest absolute Gasteiger partial charge is 0.379 e. The van der Waals surface area contributed by atoms with Gasteiger partial charge in [0.2, 0.25) is 0 Å². The molecule has 0 N–H and O–H groups in total. The van der Waals surface area contributed by atoms with Crippen LogP contribution in [0.2, 0.25) is 0 Å². The molecule has 1 aromatic heterocycles. The lowest BCUT2D eigenvalue weighted by molar-refractivity contribution is 0.0372. The second kappa shape index (κ2) is 7.28. The fraction of sp³-hybridized carbons (Fsp3) is 0.615. The van der Waals surface area contributed by atoms with Crippen molar-refractivity contribution in [2.75, 3.05) is 38.6 Å². The molecular weight excluding hydrogens is 266 g/mol. The van der Waals surface area contributed by atoms with Crippen molar-refractivity contribution in [1.29, 1.82) is 0 Å². The second-order valence-corrected chi connectivity index (χ2v) is 6.76. The standard InChI is InChI=1S/C13H19NO2S2/c1-2-9-17-13-4-3-12(18-13)11(15)10-14-5-7-16-8-6-14/h3-4H,2,5-10H2,1H3. The molecule has 18 heavy (non-hydrogen) atoms. The maximum absolute atomic E-state index is 12.1. The van der Waals surface area contributed by atoms with Crippen molar-refractivity contribution < 1.29 is 9.53 Å². The summed E-state index contributed by atoms with van der Waals surface area (Å²) in [6, 6.07) is 4.03. The Kier molecular flexibility index (Phi) is 5.69. The zero-order valence-electron chi connectivity index (χ0n) is 10.7. The average molecular weight is 285 g/mol. The third kappa shape index (κ3) is 4.09. The van der Waals surface area contributed by atoms with E-state index in [-0.39, 0.29) is 5.78 Å². The summed E-state index contributed by atoms with van der Waals surface area (Å²) >= 11 is 3.46. The molecule has 3 nitrogen and oxygen atoms in total. The van der Waals surface area contributed by atoms with Crippen LogP contribution in [0.25, 0.3) is 0 Å². The lowest BCUT2D eigenvalue weighted by Gasteiger charge is -2.25. The van der Waals surface area contributed by atoms with E-state index >= 15 is 0 Å². The Bertz CT molecular complexity index is 386. The minimum Gasteiger partial charge on any atom is -0.379 e. The molecule has 0 atom stereocenters. The van der Waals surface area contributed by atoms with Gasteiger partial charge in [0.1, 0.15) is 0 Å². The van der Waals surface area contributed by atoms with Crippen LogP contribution >= 0.6 is 23.1 Å². The predicted octanol–water partition coefficient (Wildman–Crippen LogP) is 2.77. The Hall–Kier alpha value is -0.360. The molecule has 5 heteroatoms. The maximum atomic E-state index is 12.1. The van der Waals surface area contributed by atoms with Gasteiger partial charge in [-0.25, -0.2) is 0 Å². The van der Waals surface area contributed by atoms with E-state index in [0.29, 0.717) is 6.54 Å². The number of carbonyl (C=O) groups is 1. The highest BCUT2D eigenvalue weighted by molar-refractivity contribution is 8.01. The minimum atomic E-state index is 0.241. The smallest absolute Gasteiger partial charge is 0.186 e. The number of rotatable bonds is 6. The first-order valence-corrected chi connectivity index (χ1v) is 8.15. The van der Waals surface area contributed by atoms with Crippen LogP contribution in [0, 0.1) is 0 Å². The van der Waals surface area contributed by atoms with Crippen molar-refractivity contribution in [2.24, 2.45) is 0 Å². The van der Waals surface area contributed by atoms with Crippen LogP contribution in [0.4, 0.5) is 0 Å². The first-order valence-electron chi connectivity index (χ1n) is 6.35. The van der Waals surface area contributed by atoms with Crippen LogP contribution in [-0.4, -0.2) is 49.3 Å². The van der Waals surface area contributed by atoms with Gasteiger partial charge >= 0.3 is 0 Å². The summed E-state index contributed by atoms with van der Waals surface area (Å²) in [5, 5.41) is 0. The molecule has 0 aliphatic carbocycles. The van der Waals surface area contributed by atoms with Crippen LogP contribution in [0.1, 0.15) is 23.0 Å². The van der Waals surface area contributed by atoms with Gasteiger partial charge in [0, 0.05) is 13.1 Å². The Morgan fingerprint density at radius 2 is 2.22 bits per heavy atom. The summed E-state index contributed by atoms with van der Waals surface area (Å²) in [4.78, 5) is 15.2. The van der Waals surface area contributed by atoms with Gasteiger partial charge in [-0.3, -0.25) is 9.69 Å². The van der Waals surface area contributed by atoms with Gasteiger partial charge in [0.05, 0.1) is 28.8 Å². The molecule has 2 rings (SSSR count). The predicted molar refractivity (Wildman–Crippen MR) is 76.9 cm³/mol. The summed E-state index contributed by atoms with van der Waals surface area (Å²) in [7, 11) is 0. The zero-order valence-corrected chi connectivity index (χ0v) is 12.3. The Balaban J connectivity index is 1.85. The number of morpholine rings is 1. The van der Waals surface area contributed by atoms with Crippen LogP contribution < -0.4 is 0 Å². The first-order chi connectivity index (χ1) is 8.79. The number of ether oxygens (including phenoxy) is 1. The fourth-order valence-corrected chi connectivity index (χ4v) is 3.78. The summed E-state index contributed by atoms with van der Waals surface area (Å²) in [5.74, 6) is 1.36. The van der Waals surface area contributed by atoms with E-state index in [1.165, 1.54) is 10.6 Å². The van der Waals surface area contributed by atoms with Gasteiger partial charge in [0.15, 0.2) is 5.78 Å². The number of thiophene rings is 1. The average Bonchev–Trinajstić information content (AvgIpc) is 2.86. The number of Topliss-reactive ketones (excluding diaryl/α,β-unsaturated/α-hetero) is 1. The van der Waals surface area contributed by atoms with Crippen LogP contribution in [-0.2, 0) is 4.74 Å². The molecule has 1 aromatic rings. The van der Waals surface area contributed by atoms with Crippen molar-refractivity contribution in [3.05, 3.63) is 17.0 Å². The Morgan fingerprint density at radius 1 is 1.44 bits per heavy atom. The number of nitrogens with zero attached hydrogens (tertiary/aromatic N) is 1. The number of carbonyl (C=O) groups excluding carboxylic acids is 1.